The lowest BCUT2D eigenvalue weighted by Gasteiger charge is -2.22. The minimum absolute atomic E-state index is 0.689. The first-order chi connectivity index (χ1) is 8.58. The molecule has 0 spiro atoms. The molecule has 1 heterocycles. The monoisotopic (exact) mass is 249 g/mol. The Kier molecular flexibility index (Phi) is 6.13. The highest BCUT2D eigenvalue weighted by atomic mass is 15.2. The predicted molar refractivity (Wildman–Crippen MR) is 79.1 cm³/mol. The van der Waals surface area contributed by atoms with Crippen LogP contribution >= 0.6 is 0 Å². The van der Waals surface area contributed by atoms with Gasteiger partial charge in [-0.15, -0.1) is 0 Å². The quantitative estimate of drug-likeness (QED) is 0.805. The van der Waals surface area contributed by atoms with Crippen molar-refractivity contribution in [2.24, 2.45) is 5.92 Å². The minimum Gasteiger partial charge on any atom is -0.357 e. The Labute approximate surface area is 112 Å². The van der Waals surface area contributed by atoms with Gasteiger partial charge in [0.2, 0.25) is 0 Å². The molecule has 3 nitrogen and oxygen atoms in total. The van der Waals surface area contributed by atoms with E-state index in [0.717, 1.165) is 32.0 Å². The molecule has 0 saturated heterocycles. The molecule has 0 saturated carbocycles. The fraction of sp³-hybridized carbons (Fsp3) is 0.667. The van der Waals surface area contributed by atoms with Crippen molar-refractivity contribution in [3.63, 3.8) is 0 Å². The van der Waals surface area contributed by atoms with Crippen LogP contribution in [0.4, 0.5) is 5.82 Å². The lowest BCUT2D eigenvalue weighted by Crippen LogP contribution is -2.24. The maximum absolute atomic E-state index is 4.60. The van der Waals surface area contributed by atoms with Crippen LogP contribution in [0.15, 0.2) is 12.3 Å². The molecule has 102 valence electrons. The van der Waals surface area contributed by atoms with Crippen LogP contribution in [0, 0.1) is 12.8 Å². The van der Waals surface area contributed by atoms with Crippen molar-refractivity contribution in [1.29, 1.82) is 0 Å². The smallest absolute Gasteiger partial charge is 0.131 e. The Bertz CT molecular complexity index is 357. The summed E-state index contributed by atoms with van der Waals surface area (Å²) in [5.74, 6) is 1.81. The highest BCUT2D eigenvalue weighted by Crippen LogP contribution is 2.17. The van der Waals surface area contributed by atoms with Crippen LogP contribution in [0.2, 0.25) is 0 Å². The Morgan fingerprint density at radius 2 is 1.94 bits per heavy atom. The van der Waals surface area contributed by atoms with Gasteiger partial charge < -0.3 is 10.2 Å². The molecule has 0 aliphatic rings. The van der Waals surface area contributed by atoms with E-state index in [0.29, 0.717) is 5.92 Å². The van der Waals surface area contributed by atoms with Crippen LogP contribution in [0.25, 0.3) is 0 Å². The largest absolute Gasteiger partial charge is 0.357 e. The number of aryl methyl sites for hydroxylation is 1. The van der Waals surface area contributed by atoms with Crippen LogP contribution in [0.5, 0.6) is 0 Å². The topological polar surface area (TPSA) is 28.2 Å². The van der Waals surface area contributed by atoms with Gasteiger partial charge in [0.15, 0.2) is 0 Å². The Morgan fingerprint density at radius 3 is 2.44 bits per heavy atom. The summed E-state index contributed by atoms with van der Waals surface area (Å²) >= 11 is 0. The van der Waals surface area contributed by atoms with Gasteiger partial charge in [-0.25, -0.2) is 4.98 Å². The second kappa shape index (κ2) is 7.37. The van der Waals surface area contributed by atoms with E-state index in [-0.39, 0.29) is 0 Å². The van der Waals surface area contributed by atoms with Gasteiger partial charge in [0, 0.05) is 25.8 Å². The summed E-state index contributed by atoms with van der Waals surface area (Å²) in [5.41, 5.74) is 2.53. The number of rotatable bonds is 7. The van der Waals surface area contributed by atoms with Gasteiger partial charge in [0.25, 0.3) is 0 Å². The van der Waals surface area contributed by atoms with Crippen molar-refractivity contribution in [1.82, 2.24) is 10.3 Å². The van der Waals surface area contributed by atoms with E-state index >= 15 is 0 Å². The molecule has 3 heteroatoms. The van der Waals surface area contributed by atoms with E-state index in [9.17, 15) is 0 Å². The molecule has 1 aromatic rings. The lowest BCUT2D eigenvalue weighted by molar-refractivity contribution is 0.551. The summed E-state index contributed by atoms with van der Waals surface area (Å²) in [5, 5.41) is 3.45. The third kappa shape index (κ3) is 4.30. The van der Waals surface area contributed by atoms with Gasteiger partial charge in [-0.2, -0.15) is 0 Å². The van der Waals surface area contributed by atoms with Crippen LogP contribution < -0.4 is 10.2 Å². The molecular weight excluding hydrogens is 222 g/mol. The standard InChI is InChI=1S/C15H27N3/c1-6-18(7-2)15-13(5)8-14(11-17-15)10-16-9-12(3)4/h8,11-12,16H,6-7,9-10H2,1-5H3. The molecule has 0 unspecified atom stereocenters. The molecule has 0 bridgehead atoms. The van der Waals surface area contributed by atoms with Gasteiger partial charge in [-0.1, -0.05) is 13.8 Å². The molecule has 1 aromatic heterocycles. The average Bonchev–Trinajstić information content (AvgIpc) is 2.32. The molecule has 0 amide bonds. The SMILES string of the molecule is CCN(CC)c1ncc(CNCC(C)C)cc1C. The maximum atomic E-state index is 4.60. The molecular formula is C15H27N3. The van der Waals surface area contributed by atoms with Crippen molar-refractivity contribution >= 4 is 5.82 Å². The predicted octanol–water partition coefficient (Wildman–Crippen LogP) is 2.98. The summed E-state index contributed by atoms with van der Waals surface area (Å²) in [7, 11) is 0. The van der Waals surface area contributed by atoms with Crippen LogP contribution in [-0.2, 0) is 6.54 Å². The zero-order valence-corrected chi connectivity index (χ0v) is 12.5. The first-order valence-electron chi connectivity index (χ1n) is 6.99. The van der Waals surface area contributed by atoms with Crippen molar-refractivity contribution in [2.75, 3.05) is 24.5 Å². The number of nitrogens with zero attached hydrogens (tertiary/aromatic N) is 2. The van der Waals surface area contributed by atoms with E-state index in [1.54, 1.807) is 0 Å². The van der Waals surface area contributed by atoms with Crippen molar-refractivity contribution < 1.29 is 0 Å². The molecule has 0 fully saturated rings. The average molecular weight is 249 g/mol. The van der Waals surface area contributed by atoms with E-state index in [4.69, 9.17) is 0 Å². The lowest BCUT2D eigenvalue weighted by atomic mass is 10.1. The summed E-state index contributed by atoms with van der Waals surface area (Å²) < 4.78 is 0. The highest BCUT2D eigenvalue weighted by molar-refractivity contribution is 5.47. The van der Waals surface area contributed by atoms with Crippen LogP contribution in [-0.4, -0.2) is 24.6 Å². The fourth-order valence-electron chi connectivity index (χ4n) is 2.08. The molecule has 0 aromatic carbocycles. The maximum Gasteiger partial charge on any atom is 0.131 e. The number of pyridine rings is 1. The summed E-state index contributed by atoms with van der Waals surface area (Å²) in [6.45, 7) is 14.9. The second-order valence-corrected chi connectivity index (χ2v) is 5.18. The number of anilines is 1. The molecule has 0 atom stereocenters. The van der Waals surface area contributed by atoms with Crippen molar-refractivity contribution in [2.45, 2.75) is 41.2 Å². The third-order valence-electron chi connectivity index (χ3n) is 3.05. The van der Waals surface area contributed by atoms with E-state index in [1.165, 1.54) is 11.1 Å². The molecule has 0 aliphatic heterocycles. The Morgan fingerprint density at radius 1 is 1.28 bits per heavy atom. The summed E-state index contributed by atoms with van der Waals surface area (Å²) in [4.78, 5) is 6.90. The number of hydrogen-bond acceptors (Lipinski definition) is 3. The fourth-order valence-corrected chi connectivity index (χ4v) is 2.08. The molecule has 0 aliphatic carbocycles. The van der Waals surface area contributed by atoms with Crippen LogP contribution in [0.1, 0.15) is 38.8 Å². The third-order valence-corrected chi connectivity index (χ3v) is 3.05. The molecule has 1 N–H and O–H groups in total. The molecule has 0 radical (unpaired) electrons. The highest BCUT2D eigenvalue weighted by Gasteiger charge is 2.07. The second-order valence-electron chi connectivity index (χ2n) is 5.18. The van der Waals surface area contributed by atoms with Gasteiger partial charge >= 0.3 is 0 Å². The number of hydrogen-bond donors (Lipinski definition) is 1. The number of nitrogens with one attached hydrogen (secondary N) is 1. The summed E-state index contributed by atoms with van der Waals surface area (Å²) in [6.07, 6.45) is 1.99. The number of aromatic nitrogens is 1. The van der Waals surface area contributed by atoms with Gasteiger partial charge in [0.1, 0.15) is 5.82 Å². The van der Waals surface area contributed by atoms with Gasteiger partial charge in [-0.3, -0.25) is 0 Å². The molecule has 1 rings (SSSR count). The summed E-state index contributed by atoms with van der Waals surface area (Å²) in [6, 6.07) is 2.24. The first-order valence-corrected chi connectivity index (χ1v) is 6.99. The minimum atomic E-state index is 0.689. The van der Waals surface area contributed by atoms with E-state index < -0.39 is 0 Å². The Hall–Kier alpha value is -1.09. The zero-order chi connectivity index (χ0) is 13.5. The van der Waals surface area contributed by atoms with E-state index in [2.05, 4.69) is 55.9 Å². The van der Waals surface area contributed by atoms with Crippen LogP contribution in [0.3, 0.4) is 0 Å². The van der Waals surface area contributed by atoms with Gasteiger partial charge in [0.05, 0.1) is 0 Å². The Balaban J connectivity index is 2.67. The first kappa shape index (κ1) is 15.0. The zero-order valence-electron chi connectivity index (χ0n) is 12.5. The van der Waals surface area contributed by atoms with Gasteiger partial charge in [-0.05, 0) is 50.4 Å². The normalized spacial score (nSPS) is 11.0. The molecule has 18 heavy (non-hydrogen) atoms. The van der Waals surface area contributed by atoms with Crippen molar-refractivity contribution in [3.05, 3.63) is 23.4 Å². The van der Waals surface area contributed by atoms with E-state index in [1.807, 2.05) is 6.20 Å². The van der Waals surface area contributed by atoms with Crippen molar-refractivity contribution in [3.8, 4) is 0 Å².